The van der Waals surface area contributed by atoms with Crippen LogP contribution in [0, 0.1) is 0 Å². The number of halogens is 2. The highest BCUT2D eigenvalue weighted by Crippen LogP contribution is 2.14. The van der Waals surface area contributed by atoms with Crippen molar-refractivity contribution in [2.75, 3.05) is 13.2 Å². The van der Waals surface area contributed by atoms with Crippen molar-refractivity contribution < 1.29 is 34.8 Å². The van der Waals surface area contributed by atoms with E-state index in [1.807, 2.05) is 0 Å². The molecule has 0 amide bonds. The average Bonchev–Trinajstić information content (AvgIpc) is 2.67. The van der Waals surface area contributed by atoms with Gasteiger partial charge in [-0.05, 0) is 38.1 Å². The molecule has 0 aromatic heterocycles. The lowest BCUT2D eigenvalue weighted by Gasteiger charge is -2.10. The fourth-order valence-corrected chi connectivity index (χ4v) is 2.06. The van der Waals surface area contributed by atoms with Crippen molar-refractivity contribution in [1.29, 1.82) is 0 Å². The quantitative estimate of drug-likeness (QED) is 0.530. The van der Waals surface area contributed by atoms with Crippen molar-refractivity contribution in [1.82, 2.24) is 0 Å². The zero-order valence-corrected chi connectivity index (χ0v) is 17.5. The van der Waals surface area contributed by atoms with E-state index in [1.54, 1.807) is 50.2 Å². The average molecular weight is 447 g/mol. The van der Waals surface area contributed by atoms with Gasteiger partial charge in [0.1, 0.15) is 0 Å². The second-order valence-corrected chi connectivity index (χ2v) is 6.56. The first kappa shape index (κ1) is 26.8. The second kappa shape index (κ2) is 14.8. The zero-order chi connectivity index (χ0) is 22.4. The molecule has 0 radical (unpaired) electrons. The molecule has 2 atom stereocenters. The number of benzene rings is 2. The molecule has 2 aromatic rings. The lowest BCUT2D eigenvalue weighted by atomic mass is 10.2. The molecule has 160 valence electrons. The van der Waals surface area contributed by atoms with E-state index in [1.165, 1.54) is 12.1 Å². The maximum Gasteiger partial charge on any atom is 0.337 e. The van der Waals surface area contributed by atoms with E-state index in [0.29, 0.717) is 6.61 Å². The molecule has 0 aliphatic heterocycles. The SMILES string of the molecule is CC(O)COC(C)CO.O=C(O)c1ccccc1Cl.O=C(O)c1ccccc1Cl. The third-order valence-electron chi connectivity index (χ3n) is 3.09. The summed E-state index contributed by atoms with van der Waals surface area (Å²) in [6.45, 7) is 3.70. The third-order valence-corrected chi connectivity index (χ3v) is 3.75. The Kier molecular flexibility index (Phi) is 13.7. The fraction of sp³-hybridized carbons (Fsp3) is 0.300. The van der Waals surface area contributed by atoms with Gasteiger partial charge in [-0.3, -0.25) is 0 Å². The van der Waals surface area contributed by atoms with Gasteiger partial charge in [-0.1, -0.05) is 47.5 Å². The lowest BCUT2D eigenvalue weighted by Crippen LogP contribution is -2.19. The monoisotopic (exact) mass is 446 g/mol. The van der Waals surface area contributed by atoms with Crippen molar-refractivity contribution in [3.8, 4) is 0 Å². The van der Waals surface area contributed by atoms with Crippen LogP contribution >= 0.6 is 23.2 Å². The minimum Gasteiger partial charge on any atom is -0.478 e. The molecule has 0 aliphatic rings. The molecule has 0 heterocycles. The Balaban J connectivity index is 0.000000407. The number of hydrogen-bond donors (Lipinski definition) is 4. The topological polar surface area (TPSA) is 124 Å². The summed E-state index contributed by atoms with van der Waals surface area (Å²) >= 11 is 11.1. The molecule has 2 unspecified atom stereocenters. The Bertz CT molecular complexity index is 710. The summed E-state index contributed by atoms with van der Waals surface area (Å²) in [5, 5.41) is 34.6. The van der Waals surface area contributed by atoms with Crippen LogP contribution < -0.4 is 0 Å². The molecule has 4 N–H and O–H groups in total. The Morgan fingerprint density at radius 3 is 1.52 bits per heavy atom. The summed E-state index contributed by atoms with van der Waals surface area (Å²) < 4.78 is 4.95. The molecule has 29 heavy (non-hydrogen) atoms. The predicted molar refractivity (Wildman–Crippen MR) is 111 cm³/mol. The van der Waals surface area contributed by atoms with E-state index in [4.69, 9.17) is 48.4 Å². The first-order valence-electron chi connectivity index (χ1n) is 8.46. The number of aliphatic hydroxyl groups is 2. The highest BCUT2D eigenvalue weighted by molar-refractivity contribution is 6.33. The molecule has 2 rings (SSSR count). The second-order valence-electron chi connectivity index (χ2n) is 5.75. The van der Waals surface area contributed by atoms with E-state index in [0.717, 1.165) is 0 Å². The van der Waals surface area contributed by atoms with Gasteiger partial charge in [-0.25, -0.2) is 9.59 Å². The van der Waals surface area contributed by atoms with Crippen LogP contribution in [0.2, 0.25) is 10.0 Å². The first-order chi connectivity index (χ1) is 13.6. The predicted octanol–water partition coefficient (Wildman–Crippen LogP) is 3.84. The van der Waals surface area contributed by atoms with Gasteiger partial charge in [0.2, 0.25) is 0 Å². The molecular weight excluding hydrogens is 423 g/mol. The van der Waals surface area contributed by atoms with Crippen molar-refractivity contribution in [2.24, 2.45) is 0 Å². The number of carboxylic acid groups (broad SMARTS) is 2. The molecule has 0 spiro atoms. The van der Waals surface area contributed by atoms with Crippen LogP contribution in [0.4, 0.5) is 0 Å². The number of carboxylic acids is 2. The summed E-state index contributed by atoms with van der Waals surface area (Å²) in [5.74, 6) is -1.99. The number of carbonyl (C=O) groups is 2. The minimum absolute atomic E-state index is 0.00667. The standard InChI is InChI=1S/2C7H5ClO2.C6H14O3/c2*8-6-4-2-1-3-5(6)7(9)10;1-5(8)4-9-6(2)3-7/h2*1-4H,(H,9,10);5-8H,3-4H2,1-2H3. The number of rotatable bonds is 6. The van der Waals surface area contributed by atoms with Gasteiger partial charge in [-0.15, -0.1) is 0 Å². The maximum absolute atomic E-state index is 10.3. The Morgan fingerprint density at radius 1 is 0.897 bits per heavy atom. The maximum atomic E-state index is 10.3. The zero-order valence-electron chi connectivity index (χ0n) is 16.0. The van der Waals surface area contributed by atoms with E-state index >= 15 is 0 Å². The normalized spacial score (nSPS) is 11.8. The molecule has 9 heteroatoms. The van der Waals surface area contributed by atoms with Crippen LogP contribution in [0.15, 0.2) is 48.5 Å². The van der Waals surface area contributed by atoms with Crippen LogP contribution in [0.5, 0.6) is 0 Å². The summed E-state index contributed by atoms with van der Waals surface area (Å²) in [5.41, 5.74) is 0.285. The molecule has 0 bridgehead atoms. The molecule has 2 aromatic carbocycles. The van der Waals surface area contributed by atoms with Crippen LogP contribution in [0.3, 0.4) is 0 Å². The van der Waals surface area contributed by atoms with Crippen molar-refractivity contribution in [3.63, 3.8) is 0 Å². The number of ether oxygens (including phenoxy) is 1. The van der Waals surface area contributed by atoms with Crippen LogP contribution in [-0.4, -0.2) is 57.8 Å². The fourth-order valence-electron chi connectivity index (χ4n) is 1.63. The van der Waals surface area contributed by atoms with E-state index in [-0.39, 0.29) is 33.9 Å². The van der Waals surface area contributed by atoms with Gasteiger partial charge in [0, 0.05) is 0 Å². The van der Waals surface area contributed by atoms with Crippen LogP contribution in [0.25, 0.3) is 0 Å². The van der Waals surface area contributed by atoms with Crippen molar-refractivity contribution >= 4 is 35.1 Å². The molecule has 0 fully saturated rings. The lowest BCUT2D eigenvalue weighted by molar-refractivity contribution is -0.0177. The minimum atomic E-state index is -0.995. The summed E-state index contributed by atoms with van der Waals surface area (Å²) in [6.07, 6.45) is -0.612. The van der Waals surface area contributed by atoms with Crippen LogP contribution in [-0.2, 0) is 4.74 Å². The van der Waals surface area contributed by atoms with Crippen molar-refractivity contribution in [2.45, 2.75) is 26.1 Å². The molecular formula is C20H24Cl2O7. The van der Waals surface area contributed by atoms with Gasteiger partial charge < -0.3 is 25.2 Å². The Hall–Kier alpha value is -2.16. The third kappa shape index (κ3) is 12.1. The molecule has 0 saturated heterocycles. The summed E-state index contributed by atoms with van der Waals surface area (Å²) in [4.78, 5) is 20.7. The van der Waals surface area contributed by atoms with Gasteiger partial charge in [-0.2, -0.15) is 0 Å². The summed E-state index contributed by atoms with van der Waals surface area (Å²) in [7, 11) is 0. The van der Waals surface area contributed by atoms with Gasteiger partial charge in [0.25, 0.3) is 0 Å². The van der Waals surface area contributed by atoms with Gasteiger partial charge >= 0.3 is 11.9 Å². The molecule has 0 aliphatic carbocycles. The Morgan fingerprint density at radius 2 is 1.28 bits per heavy atom. The van der Waals surface area contributed by atoms with E-state index in [9.17, 15) is 9.59 Å². The van der Waals surface area contributed by atoms with Crippen LogP contribution in [0.1, 0.15) is 34.6 Å². The number of aromatic carboxylic acids is 2. The highest BCUT2D eigenvalue weighted by Gasteiger charge is 2.05. The smallest absolute Gasteiger partial charge is 0.337 e. The molecule has 0 saturated carbocycles. The largest absolute Gasteiger partial charge is 0.478 e. The van der Waals surface area contributed by atoms with Gasteiger partial charge in [0.05, 0.1) is 46.6 Å². The number of hydrogen-bond acceptors (Lipinski definition) is 5. The van der Waals surface area contributed by atoms with E-state index in [2.05, 4.69) is 0 Å². The summed E-state index contributed by atoms with van der Waals surface area (Å²) in [6, 6.07) is 12.7. The van der Waals surface area contributed by atoms with E-state index < -0.39 is 18.0 Å². The Labute approximate surface area is 179 Å². The number of aliphatic hydroxyl groups excluding tert-OH is 2. The van der Waals surface area contributed by atoms with Gasteiger partial charge in [0.15, 0.2) is 0 Å². The first-order valence-corrected chi connectivity index (χ1v) is 9.21. The van der Waals surface area contributed by atoms with Crippen molar-refractivity contribution in [3.05, 3.63) is 69.7 Å². The highest BCUT2D eigenvalue weighted by atomic mass is 35.5. The molecule has 7 nitrogen and oxygen atoms in total.